The Morgan fingerprint density at radius 2 is 1.85 bits per heavy atom. The Hall–Kier alpha value is -3.09. The molecule has 184 valence electrons. The summed E-state index contributed by atoms with van der Waals surface area (Å²) in [7, 11) is 0. The Labute approximate surface area is 196 Å². The van der Waals surface area contributed by atoms with Gasteiger partial charge in [-0.15, -0.1) is 0 Å². The maximum Gasteiger partial charge on any atom is 0.408 e. The zero-order valence-corrected chi connectivity index (χ0v) is 18.8. The lowest BCUT2D eigenvalue weighted by Gasteiger charge is -2.29. The molecule has 2 aromatic rings. The number of hydrogen-bond donors (Lipinski definition) is 3. The minimum atomic E-state index is -4.56. The van der Waals surface area contributed by atoms with Crippen LogP contribution < -0.4 is 11.1 Å². The van der Waals surface area contributed by atoms with E-state index in [2.05, 4.69) is 15.3 Å². The van der Waals surface area contributed by atoms with Crippen LogP contribution in [-0.2, 0) is 0 Å². The van der Waals surface area contributed by atoms with E-state index in [0.29, 0.717) is 24.4 Å². The highest BCUT2D eigenvalue weighted by Crippen LogP contribution is 2.33. The number of alkyl halides is 3. The van der Waals surface area contributed by atoms with Crippen molar-refractivity contribution in [3.63, 3.8) is 0 Å². The second-order valence-corrected chi connectivity index (χ2v) is 8.67. The van der Waals surface area contributed by atoms with E-state index in [1.165, 1.54) is 6.07 Å². The lowest BCUT2D eigenvalue weighted by Crippen LogP contribution is -2.50. The van der Waals surface area contributed by atoms with Crippen LogP contribution in [0.1, 0.15) is 36.2 Å². The van der Waals surface area contributed by atoms with Gasteiger partial charge < -0.3 is 21.4 Å². The Balaban J connectivity index is 1.88. The summed E-state index contributed by atoms with van der Waals surface area (Å²) in [5.41, 5.74) is 5.06. The van der Waals surface area contributed by atoms with Crippen molar-refractivity contribution in [1.82, 2.24) is 15.2 Å². The highest BCUT2D eigenvalue weighted by atomic mass is 32.1. The minimum Gasteiger partial charge on any atom is -0.389 e. The molecule has 4 N–H and O–H groups in total. The lowest BCUT2D eigenvalue weighted by molar-refractivity contribution is -0.118. The number of hydrogen-bond acceptors (Lipinski definition) is 6. The van der Waals surface area contributed by atoms with Gasteiger partial charge in [0, 0.05) is 19.3 Å². The van der Waals surface area contributed by atoms with Crippen molar-refractivity contribution in [2.75, 3.05) is 25.4 Å². The summed E-state index contributed by atoms with van der Waals surface area (Å²) in [6.45, 7) is -0.590. The van der Waals surface area contributed by atoms with Crippen LogP contribution in [0.2, 0.25) is 0 Å². The predicted octanol–water partition coefficient (Wildman–Crippen LogP) is 4.26. The Kier molecular flexibility index (Phi) is 8.18. The van der Waals surface area contributed by atoms with Crippen molar-refractivity contribution < 1.29 is 26.7 Å². The molecule has 1 fully saturated rings. The highest BCUT2D eigenvalue weighted by Gasteiger charge is 2.31. The third-order valence-corrected chi connectivity index (χ3v) is 6.03. The van der Waals surface area contributed by atoms with Gasteiger partial charge in [0.15, 0.2) is 5.69 Å². The number of thiazole rings is 1. The topological polar surface area (TPSA) is 107 Å². The summed E-state index contributed by atoms with van der Waals surface area (Å²) in [4.78, 5) is 22.1. The zero-order valence-electron chi connectivity index (χ0n) is 18.0. The van der Waals surface area contributed by atoms with Gasteiger partial charge in [-0.1, -0.05) is 30.2 Å². The molecule has 2 heterocycles. The van der Waals surface area contributed by atoms with Gasteiger partial charge in [0.25, 0.3) is 5.91 Å². The molecular weight excluding hydrogens is 479 g/mol. The molecule has 1 saturated heterocycles. The maximum absolute atomic E-state index is 14.1. The summed E-state index contributed by atoms with van der Waals surface area (Å²) < 4.78 is 66.9. The standard InChI is InChI=1S/C21H23F5N6OS/c22-12-6-5-7-13(23)15(12)20-31-16(17(28)34-20)19(33)30-14(10-27)18(29-11-21(24,25)26)32-8-3-1-2-4-9-32/h5-7,10,14,27H,1-4,8-9,11,28H2,(H,30,33). The van der Waals surface area contributed by atoms with E-state index in [1.807, 2.05) is 0 Å². The molecule has 13 heteroatoms. The van der Waals surface area contributed by atoms with Crippen molar-refractivity contribution >= 4 is 34.3 Å². The molecule has 1 unspecified atom stereocenters. The molecule has 1 amide bonds. The molecule has 0 bridgehead atoms. The van der Waals surface area contributed by atoms with Gasteiger partial charge in [0.05, 0.1) is 5.56 Å². The van der Waals surface area contributed by atoms with E-state index in [0.717, 1.165) is 44.0 Å². The number of benzene rings is 1. The van der Waals surface area contributed by atoms with Gasteiger partial charge in [0.1, 0.15) is 40.1 Å². The first-order chi connectivity index (χ1) is 16.1. The second kappa shape index (κ2) is 10.9. The van der Waals surface area contributed by atoms with Crippen molar-refractivity contribution in [2.24, 2.45) is 4.99 Å². The third kappa shape index (κ3) is 6.27. The van der Waals surface area contributed by atoms with Gasteiger partial charge in [-0.25, -0.2) is 13.8 Å². The fourth-order valence-electron chi connectivity index (χ4n) is 3.56. The van der Waals surface area contributed by atoms with E-state index in [-0.39, 0.29) is 21.5 Å². The SMILES string of the molecule is N=CC(NC(=O)c1nc(-c2c(F)cccc2F)sc1N)C(=NCC(F)(F)F)N1CCCCCC1. The molecule has 0 saturated carbocycles. The molecular formula is C21H23F5N6OS. The number of nitrogens with two attached hydrogens (primary N) is 1. The van der Waals surface area contributed by atoms with Gasteiger partial charge in [-0.05, 0) is 25.0 Å². The number of carbonyl (C=O) groups excluding carboxylic acids is 1. The van der Waals surface area contributed by atoms with Crippen LogP contribution in [0.15, 0.2) is 23.2 Å². The molecule has 3 rings (SSSR count). The fraction of sp³-hybridized carbons (Fsp3) is 0.429. The largest absolute Gasteiger partial charge is 0.408 e. The molecule has 1 aliphatic rings. The number of halogens is 5. The first kappa shape index (κ1) is 25.5. The first-order valence-corrected chi connectivity index (χ1v) is 11.3. The molecule has 0 radical (unpaired) electrons. The average Bonchev–Trinajstić information content (AvgIpc) is 2.96. The van der Waals surface area contributed by atoms with Crippen molar-refractivity contribution in [3.05, 3.63) is 35.5 Å². The molecule has 34 heavy (non-hydrogen) atoms. The predicted molar refractivity (Wildman–Crippen MR) is 120 cm³/mol. The van der Waals surface area contributed by atoms with E-state index in [1.54, 1.807) is 4.90 Å². The summed E-state index contributed by atoms with van der Waals surface area (Å²) in [5.74, 6) is -2.77. The quantitative estimate of drug-likeness (QED) is 0.312. The number of aromatic nitrogens is 1. The second-order valence-electron chi connectivity index (χ2n) is 7.64. The maximum atomic E-state index is 14.1. The molecule has 7 nitrogen and oxygen atoms in total. The minimum absolute atomic E-state index is 0.0863. The van der Waals surface area contributed by atoms with Crippen LogP contribution in [0.5, 0.6) is 0 Å². The van der Waals surface area contributed by atoms with E-state index in [4.69, 9.17) is 11.1 Å². The molecule has 1 aromatic heterocycles. The Morgan fingerprint density at radius 3 is 2.41 bits per heavy atom. The molecule has 1 aliphatic heterocycles. The van der Waals surface area contributed by atoms with E-state index in [9.17, 15) is 26.7 Å². The van der Waals surface area contributed by atoms with E-state index < -0.39 is 41.9 Å². The van der Waals surface area contributed by atoms with Crippen molar-refractivity contribution in [1.29, 1.82) is 5.41 Å². The zero-order chi connectivity index (χ0) is 24.9. The van der Waals surface area contributed by atoms with Crippen LogP contribution in [0, 0.1) is 17.0 Å². The number of nitrogens with one attached hydrogen (secondary N) is 2. The van der Waals surface area contributed by atoms with Crippen molar-refractivity contribution in [2.45, 2.75) is 37.9 Å². The average molecular weight is 503 g/mol. The number of nitrogens with zero attached hydrogens (tertiary/aromatic N) is 3. The summed E-state index contributed by atoms with van der Waals surface area (Å²) >= 11 is 0.691. The number of anilines is 1. The fourth-order valence-corrected chi connectivity index (χ4v) is 4.44. The summed E-state index contributed by atoms with van der Waals surface area (Å²) in [5, 5.41) is 9.85. The Morgan fingerprint density at radius 1 is 1.24 bits per heavy atom. The number of rotatable bonds is 6. The van der Waals surface area contributed by atoms with Crippen LogP contribution in [0.3, 0.4) is 0 Å². The highest BCUT2D eigenvalue weighted by molar-refractivity contribution is 7.19. The lowest BCUT2D eigenvalue weighted by atomic mass is 10.2. The van der Waals surface area contributed by atoms with Crippen LogP contribution in [-0.4, -0.2) is 59.7 Å². The number of nitrogen functional groups attached to an aromatic ring is 1. The number of carbonyl (C=O) groups is 1. The smallest absolute Gasteiger partial charge is 0.389 e. The monoisotopic (exact) mass is 502 g/mol. The van der Waals surface area contributed by atoms with Crippen molar-refractivity contribution in [3.8, 4) is 10.6 Å². The van der Waals surface area contributed by atoms with Gasteiger partial charge in [0.2, 0.25) is 0 Å². The normalized spacial score (nSPS) is 16.1. The molecule has 1 aromatic carbocycles. The molecule has 0 aliphatic carbocycles. The van der Waals surface area contributed by atoms with Crippen LogP contribution in [0.4, 0.5) is 27.0 Å². The summed E-state index contributed by atoms with van der Waals surface area (Å²) in [6, 6.07) is 1.97. The molecule has 0 spiro atoms. The summed E-state index contributed by atoms with van der Waals surface area (Å²) in [6.07, 6.45) is -0.491. The van der Waals surface area contributed by atoms with E-state index >= 15 is 0 Å². The van der Waals surface area contributed by atoms with Gasteiger partial charge in [-0.3, -0.25) is 9.79 Å². The number of amides is 1. The first-order valence-electron chi connectivity index (χ1n) is 10.5. The Bertz CT molecular complexity index is 1040. The van der Waals surface area contributed by atoms with Gasteiger partial charge in [-0.2, -0.15) is 13.2 Å². The van der Waals surface area contributed by atoms with Crippen LogP contribution in [0.25, 0.3) is 10.6 Å². The number of aliphatic imine (C=N–C) groups is 1. The third-order valence-electron chi connectivity index (χ3n) is 5.13. The van der Waals surface area contributed by atoms with Gasteiger partial charge >= 0.3 is 6.18 Å². The number of likely N-dealkylation sites (tertiary alicyclic amines) is 1. The number of amidine groups is 1. The van der Waals surface area contributed by atoms with Crippen LogP contribution >= 0.6 is 11.3 Å². The molecule has 1 atom stereocenters.